The van der Waals surface area contributed by atoms with Crippen LogP contribution in [0.3, 0.4) is 0 Å². The molecule has 194 valence electrons. The van der Waals surface area contributed by atoms with E-state index in [1.54, 1.807) is 7.11 Å². The summed E-state index contributed by atoms with van der Waals surface area (Å²) >= 11 is 0. The Morgan fingerprint density at radius 2 is 1.46 bits per heavy atom. The molecule has 0 heterocycles. The summed E-state index contributed by atoms with van der Waals surface area (Å²) in [7, 11) is 5.78. The number of ether oxygens (including phenoxy) is 2. The highest BCUT2D eigenvalue weighted by atomic mass is 16.5. The Morgan fingerprint density at radius 1 is 0.829 bits per heavy atom. The fourth-order valence-corrected chi connectivity index (χ4v) is 4.50. The highest BCUT2D eigenvalue weighted by molar-refractivity contribution is 5.69. The highest BCUT2D eigenvalue weighted by Gasteiger charge is 2.16. The standard InChI is InChI=1S/C31H47NO3/c1-5-6-7-8-9-10-11-16-31(33)35-30(25-32(2)3)24-21-28-15-13-12-14-27(28)20-17-26-18-22-29(34-4)23-19-26/h12-15,18-19,22-23,30H,5-11,16-17,20-21,24-25H2,1-4H3/t30-/m1/s1. The number of carbonyl (C=O) groups excluding carboxylic acids is 1. The van der Waals surface area contributed by atoms with Gasteiger partial charge in [0.1, 0.15) is 11.9 Å². The number of nitrogens with zero attached hydrogens (tertiary/aromatic N) is 1. The second-order valence-electron chi connectivity index (χ2n) is 9.90. The molecule has 2 rings (SSSR count). The van der Waals surface area contributed by atoms with E-state index in [4.69, 9.17) is 9.47 Å². The number of rotatable bonds is 18. The summed E-state index contributed by atoms with van der Waals surface area (Å²) in [6, 6.07) is 17.0. The van der Waals surface area contributed by atoms with Crippen LogP contribution in [0.25, 0.3) is 0 Å². The van der Waals surface area contributed by atoms with Crippen molar-refractivity contribution < 1.29 is 14.3 Å². The highest BCUT2D eigenvalue weighted by Crippen LogP contribution is 2.18. The van der Waals surface area contributed by atoms with Crippen LogP contribution in [0, 0.1) is 0 Å². The van der Waals surface area contributed by atoms with Crippen LogP contribution in [0.2, 0.25) is 0 Å². The summed E-state index contributed by atoms with van der Waals surface area (Å²) in [6.07, 6.45) is 12.7. The molecule has 0 saturated carbocycles. The van der Waals surface area contributed by atoms with Crippen LogP contribution in [-0.2, 0) is 28.8 Å². The van der Waals surface area contributed by atoms with Crippen LogP contribution >= 0.6 is 0 Å². The zero-order valence-corrected chi connectivity index (χ0v) is 22.6. The van der Waals surface area contributed by atoms with Crippen molar-refractivity contribution >= 4 is 5.97 Å². The van der Waals surface area contributed by atoms with Gasteiger partial charge in [-0.15, -0.1) is 0 Å². The number of benzene rings is 2. The van der Waals surface area contributed by atoms with Crippen LogP contribution in [0.15, 0.2) is 48.5 Å². The van der Waals surface area contributed by atoms with Crippen molar-refractivity contribution in [3.63, 3.8) is 0 Å². The van der Waals surface area contributed by atoms with E-state index in [2.05, 4.69) is 48.2 Å². The monoisotopic (exact) mass is 481 g/mol. The van der Waals surface area contributed by atoms with Crippen molar-refractivity contribution in [2.45, 2.75) is 90.1 Å². The van der Waals surface area contributed by atoms with Gasteiger partial charge < -0.3 is 14.4 Å². The molecule has 0 bridgehead atoms. The normalized spacial score (nSPS) is 12.0. The largest absolute Gasteiger partial charge is 0.497 e. The lowest BCUT2D eigenvalue weighted by atomic mass is 9.96. The van der Waals surface area contributed by atoms with Gasteiger partial charge in [0, 0.05) is 13.0 Å². The van der Waals surface area contributed by atoms with E-state index in [1.165, 1.54) is 48.8 Å². The molecule has 0 aliphatic heterocycles. The molecule has 0 aliphatic carbocycles. The molecule has 0 radical (unpaired) electrons. The summed E-state index contributed by atoms with van der Waals surface area (Å²) in [6.45, 7) is 3.00. The summed E-state index contributed by atoms with van der Waals surface area (Å²) in [5.74, 6) is 0.848. The molecule has 0 N–H and O–H groups in total. The number of carbonyl (C=O) groups is 1. The molecule has 2 aromatic carbocycles. The van der Waals surface area contributed by atoms with Gasteiger partial charge in [0.15, 0.2) is 0 Å². The molecular weight excluding hydrogens is 434 g/mol. The predicted molar refractivity (Wildman–Crippen MR) is 146 cm³/mol. The first-order valence-electron chi connectivity index (χ1n) is 13.6. The van der Waals surface area contributed by atoms with Gasteiger partial charge in [-0.05, 0) is 75.0 Å². The number of hydrogen-bond donors (Lipinski definition) is 0. The van der Waals surface area contributed by atoms with Crippen LogP contribution in [0.5, 0.6) is 5.75 Å². The molecule has 0 unspecified atom stereocenters. The number of unbranched alkanes of at least 4 members (excludes halogenated alkanes) is 6. The molecule has 0 saturated heterocycles. The van der Waals surface area contributed by atoms with Crippen molar-refractivity contribution in [2.75, 3.05) is 27.7 Å². The van der Waals surface area contributed by atoms with Gasteiger partial charge in [-0.2, -0.15) is 0 Å². The van der Waals surface area contributed by atoms with E-state index >= 15 is 0 Å². The van der Waals surface area contributed by atoms with E-state index < -0.39 is 0 Å². The van der Waals surface area contributed by atoms with Crippen molar-refractivity contribution in [3.05, 3.63) is 65.2 Å². The quantitative estimate of drug-likeness (QED) is 0.169. The lowest BCUT2D eigenvalue weighted by molar-refractivity contribution is -0.150. The van der Waals surface area contributed by atoms with Gasteiger partial charge in [0.25, 0.3) is 0 Å². The Morgan fingerprint density at radius 3 is 2.09 bits per heavy atom. The predicted octanol–water partition coefficient (Wildman–Crippen LogP) is 7.03. The Balaban J connectivity index is 1.83. The lowest BCUT2D eigenvalue weighted by Gasteiger charge is -2.22. The smallest absolute Gasteiger partial charge is 0.306 e. The Kier molecular flexibility index (Phi) is 14.2. The van der Waals surface area contributed by atoms with Gasteiger partial charge in [-0.25, -0.2) is 0 Å². The molecule has 0 amide bonds. The van der Waals surface area contributed by atoms with Crippen molar-refractivity contribution in [3.8, 4) is 5.75 Å². The maximum Gasteiger partial charge on any atom is 0.306 e. The average Bonchev–Trinajstić information content (AvgIpc) is 2.86. The van der Waals surface area contributed by atoms with Crippen molar-refractivity contribution in [1.29, 1.82) is 0 Å². The Labute approximate surface area is 214 Å². The minimum Gasteiger partial charge on any atom is -0.497 e. The Bertz CT molecular complexity index is 831. The molecular formula is C31H47NO3. The van der Waals surface area contributed by atoms with Gasteiger partial charge in [0.2, 0.25) is 0 Å². The molecule has 0 aliphatic rings. The zero-order valence-electron chi connectivity index (χ0n) is 22.6. The second-order valence-corrected chi connectivity index (χ2v) is 9.90. The minimum absolute atomic E-state index is 0.0433. The molecule has 4 nitrogen and oxygen atoms in total. The third-order valence-corrected chi connectivity index (χ3v) is 6.55. The number of likely N-dealkylation sites (N-methyl/N-ethyl adjacent to an activating group) is 1. The van der Waals surface area contributed by atoms with Gasteiger partial charge in [-0.1, -0.05) is 81.8 Å². The zero-order chi connectivity index (χ0) is 25.3. The first-order valence-corrected chi connectivity index (χ1v) is 13.6. The summed E-state index contributed by atoms with van der Waals surface area (Å²) in [4.78, 5) is 14.6. The maximum absolute atomic E-state index is 12.5. The molecule has 1 atom stereocenters. The topological polar surface area (TPSA) is 38.8 Å². The van der Waals surface area contributed by atoms with Crippen molar-refractivity contribution in [1.82, 2.24) is 4.90 Å². The first kappa shape index (κ1) is 28.9. The third kappa shape index (κ3) is 12.3. The molecule has 2 aromatic rings. The molecule has 0 fully saturated rings. The van der Waals surface area contributed by atoms with Crippen LogP contribution < -0.4 is 4.74 Å². The number of aryl methyl sites for hydroxylation is 3. The van der Waals surface area contributed by atoms with Crippen LogP contribution in [0.1, 0.15) is 81.4 Å². The van der Waals surface area contributed by atoms with Gasteiger partial charge >= 0.3 is 5.97 Å². The van der Waals surface area contributed by atoms with Crippen LogP contribution in [-0.4, -0.2) is 44.7 Å². The average molecular weight is 482 g/mol. The van der Waals surface area contributed by atoms with Gasteiger partial charge in [0.05, 0.1) is 7.11 Å². The third-order valence-electron chi connectivity index (χ3n) is 6.55. The number of esters is 1. The molecule has 0 aromatic heterocycles. The number of methoxy groups -OCH3 is 1. The fourth-order valence-electron chi connectivity index (χ4n) is 4.50. The van der Waals surface area contributed by atoms with Crippen LogP contribution in [0.4, 0.5) is 0 Å². The SMILES string of the molecule is CCCCCCCCCC(=O)O[C@H](CCc1ccccc1CCc1ccc(OC)cc1)CN(C)C. The van der Waals surface area contributed by atoms with Gasteiger partial charge in [-0.3, -0.25) is 4.79 Å². The van der Waals surface area contributed by atoms with E-state index in [1.807, 2.05) is 26.2 Å². The molecule has 0 spiro atoms. The minimum atomic E-state index is -0.0725. The van der Waals surface area contributed by atoms with E-state index in [0.717, 1.165) is 50.8 Å². The first-order chi connectivity index (χ1) is 17.0. The lowest BCUT2D eigenvalue weighted by Crippen LogP contribution is -2.31. The van der Waals surface area contributed by atoms with E-state index in [-0.39, 0.29) is 12.1 Å². The molecule has 35 heavy (non-hydrogen) atoms. The summed E-state index contributed by atoms with van der Waals surface area (Å²) in [5, 5.41) is 0. The maximum atomic E-state index is 12.5. The van der Waals surface area contributed by atoms with E-state index in [9.17, 15) is 4.79 Å². The second kappa shape index (κ2) is 17.2. The van der Waals surface area contributed by atoms with Crippen molar-refractivity contribution in [2.24, 2.45) is 0 Å². The molecule has 4 heteroatoms. The fraction of sp³-hybridized carbons (Fsp3) is 0.581. The number of hydrogen-bond acceptors (Lipinski definition) is 4. The van der Waals surface area contributed by atoms with E-state index in [0.29, 0.717) is 6.42 Å². The Hall–Kier alpha value is -2.33. The summed E-state index contributed by atoms with van der Waals surface area (Å²) in [5.41, 5.74) is 4.04. The summed E-state index contributed by atoms with van der Waals surface area (Å²) < 4.78 is 11.2.